The van der Waals surface area contributed by atoms with E-state index >= 15 is 0 Å². The van der Waals surface area contributed by atoms with Crippen LogP contribution in [-0.4, -0.2) is 59.2 Å². The molecule has 3 aromatic carbocycles. The summed E-state index contributed by atoms with van der Waals surface area (Å²) in [5.74, 6) is -1.28. The Balaban J connectivity index is 1.51. The highest BCUT2D eigenvalue weighted by atomic mass is 32.2. The summed E-state index contributed by atoms with van der Waals surface area (Å²) in [5.41, 5.74) is 3.48. The van der Waals surface area contributed by atoms with Crippen LogP contribution in [0.25, 0.3) is 0 Å². The molecular formula is C52H64O6S12. The first kappa shape index (κ1) is 55.0. The van der Waals surface area contributed by atoms with E-state index in [1.165, 1.54) is 16.7 Å². The Morgan fingerprint density at radius 3 is 0.586 bits per heavy atom. The van der Waals surface area contributed by atoms with Gasteiger partial charge in [-0.05, 0) is 162 Å². The van der Waals surface area contributed by atoms with Crippen molar-refractivity contribution in [2.45, 2.75) is 251 Å². The standard InChI is InChI=1S/C52H64O6S12/c1-44(2,3)56-41(53)26-35-29(59-47(10,11)65-35)23(30-36(26)66-48(12,13)60-30)22(24-31-37(67-49(14,15)61-31)27(42(54)57-45(4,5)6)38-32(24)62-50(16,17)68-38)25-33-39(69-51(18,19)63-33)28(43(55)58-46(7,8)9)40-34(25)64-52(20,21)70-40/h22H,1-21H3. The van der Waals surface area contributed by atoms with Gasteiger partial charge in [0.2, 0.25) is 0 Å². The molecular weight excluding hydrogens is 1110 g/mol. The Kier molecular flexibility index (Phi) is 13.9. The number of hydrogen-bond donors (Lipinski definition) is 0. The van der Waals surface area contributed by atoms with E-state index in [4.69, 9.17) is 14.2 Å². The van der Waals surface area contributed by atoms with Crippen LogP contribution < -0.4 is 0 Å². The Labute approximate surface area is 467 Å². The molecule has 6 aliphatic rings. The number of thioether (sulfide) groups is 12. The molecule has 0 saturated carbocycles. The number of rotatable bonds is 6. The van der Waals surface area contributed by atoms with E-state index < -0.39 is 22.7 Å². The summed E-state index contributed by atoms with van der Waals surface area (Å²) in [4.78, 5) is 57.3. The number of fused-ring (bicyclic) bond motifs is 6. The number of carbonyl (C=O) groups is 3. The Bertz CT molecular complexity index is 2400. The van der Waals surface area contributed by atoms with Gasteiger partial charge in [0.25, 0.3) is 0 Å². The smallest absolute Gasteiger partial charge is 0.341 e. The van der Waals surface area contributed by atoms with Crippen LogP contribution in [0.4, 0.5) is 0 Å². The van der Waals surface area contributed by atoms with Crippen molar-refractivity contribution in [1.82, 2.24) is 0 Å². The molecule has 0 spiro atoms. The highest BCUT2D eigenvalue weighted by molar-refractivity contribution is 8.23. The fourth-order valence-corrected chi connectivity index (χ4v) is 26.9. The predicted molar refractivity (Wildman–Crippen MR) is 311 cm³/mol. The lowest BCUT2D eigenvalue weighted by Crippen LogP contribution is -2.25. The van der Waals surface area contributed by atoms with Gasteiger partial charge in [-0.3, -0.25) is 0 Å². The molecule has 9 rings (SSSR count). The molecule has 0 fully saturated rings. The number of esters is 3. The first-order valence-electron chi connectivity index (χ1n) is 23.4. The van der Waals surface area contributed by atoms with E-state index in [1.807, 2.05) is 133 Å². The van der Waals surface area contributed by atoms with Gasteiger partial charge in [0.1, 0.15) is 16.8 Å². The summed E-state index contributed by atoms with van der Waals surface area (Å²) in [6.07, 6.45) is 0. The van der Waals surface area contributed by atoms with Crippen LogP contribution in [0.5, 0.6) is 0 Å². The molecule has 0 bridgehead atoms. The Morgan fingerprint density at radius 1 is 0.300 bits per heavy atom. The minimum atomic E-state index is -0.698. The third kappa shape index (κ3) is 10.5. The maximum atomic E-state index is 14.9. The van der Waals surface area contributed by atoms with E-state index in [0.29, 0.717) is 16.7 Å². The summed E-state index contributed by atoms with van der Waals surface area (Å²) in [7, 11) is 0. The normalized spacial score (nSPS) is 21.5. The average molecular weight is 1170 g/mol. The van der Waals surface area contributed by atoms with Crippen molar-refractivity contribution in [3.05, 3.63) is 33.4 Å². The molecule has 6 heterocycles. The molecule has 0 aromatic heterocycles. The Hall–Kier alpha value is 0.270. The maximum absolute atomic E-state index is 14.9. The van der Waals surface area contributed by atoms with Crippen molar-refractivity contribution in [3.63, 3.8) is 0 Å². The zero-order chi connectivity index (χ0) is 51.8. The van der Waals surface area contributed by atoms with Gasteiger partial charge in [0, 0.05) is 64.7 Å². The van der Waals surface area contributed by atoms with Crippen LogP contribution in [0.1, 0.15) is 199 Å². The van der Waals surface area contributed by atoms with Crippen molar-refractivity contribution < 1.29 is 28.6 Å². The lowest BCUT2D eigenvalue weighted by Gasteiger charge is -2.32. The zero-order valence-corrected chi connectivity index (χ0v) is 53.7. The van der Waals surface area contributed by atoms with Crippen LogP contribution in [-0.2, 0) is 14.2 Å². The van der Waals surface area contributed by atoms with Crippen molar-refractivity contribution in [1.29, 1.82) is 0 Å². The monoisotopic (exact) mass is 1170 g/mol. The van der Waals surface area contributed by atoms with Crippen LogP contribution in [0.2, 0.25) is 0 Å². The largest absolute Gasteiger partial charge is 0.456 e. The van der Waals surface area contributed by atoms with E-state index in [9.17, 15) is 14.4 Å². The summed E-state index contributed by atoms with van der Waals surface area (Å²) in [5, 5.41) is 0. The van der Waals surface area contributed by atoms with Crippen LogP contribution >= 0.6 is 141 Å². The summed E-state index contributed by atoms with van der Waals surface area (Å²) >= 11 is 21.7. The van der Waals surface area contributed by atoms with E-state index in [1.54, 1.807) is 70.6 Å². The quantitative estimate of drug-likeness (QED) is 0.133. The van der Waals surface area contributed by atoms with Crippen molar-refractivity contribution in [2.24, 2.45) is 0 Å². The van der Waals surface area contributed by atoms with Gasteiger partial charge >= 0.3 is 17.9 Å². The van der Waals surface area contributed by atoms with Gasteiger partial charge in [0.15, 0.2) is 0 Å². The fourth-order valence-electron chi connectivity index (χ4n) is 9.06. The third-order valence-electron chi connectivity index (χ3n) is 10.9. The molecule has 0 saturated heterocycles. The van der Waals surface area contributed by atoms with Gasteiger partial charge in [0.05, 0.1) is 41.2 Å². The fraction of sp³-hybridized carbons (Fsp3) is 0.596. The molecule has 0 amide bonds. The first-order chi connectivity index (χ1) is 31.7. The van der Waals surface area contributed by atoms with E-state index in [2.05, 4.69) is 83.1 Å². The number of carbonyl (C=O) groups excluding carboxylic acids is 3. The molecule has 380 valence electrons. The molecule has 70 heavy (non-hydrogen) atoms. The highest BCUT2D eigenvalue weighted by Gasteiger charge is 2.54. The average Bonchev–Trinajstić information content (AvgIpc) is 3.93. The summed E-state index contributed by atoms with van der Waals surface area (Å²) < 4.78 is 17.2. The highest BCUT2D eigenvalue weighted by Crippen LogP contribution is 2.75. The Morgan fingerprint density at radius 2 is 0.443 bits per heavy atom. The van der Waals surface area contributed by atoms with Crippen LogP contribution in [0, 0.1) is 0 Å². The molecule has 0 radical (unpaired) electrons. The minimum absolute atomic E-state index is 0.295. The summed E-state index contributed by atoms with van der Waals surface area (Å²) in [6.45, 7) is 44.7. The maximum Gasteiger partial charge on any atom is 0.341 e. The van der Waals surface area contributed by atoms with Gasteiger partial charge in [-0.25, -0.2) is 14.4 Å². The van der Waals surface area contributed by atoms with Crippen LogP contribution in [0.15, 0.2) is 58.7 Å². The molecule has 6 nitrogen and oxygen atoms in total. The molecule has 6 aliphatic heterocycles. The molecule has 18 heteroatoms. The first-order valence-corrected chi connectivity index (χ1v) is 33.2. The second-order valence-corrected chi connectivity index (χ2v) is 45.0. The molecule has 3 aromatic rings. The second kappa shape index (κ2) is 17.6. The van der Waals surface area contributed by atoms with E-state index in [0.717, 1.165) is 58.7 Å². The number of ether oxygens (including phenoxy) is 3. The SMILES string of the molecule is CC(C)(C)OC(=O)c1c2c(c(C(c3c4c(c(C(=O)OC(C)(C)C)c5c3SC(C)(C)S5)SC(C)(C)S4)c3c4c(c(C(=O)OC(C)(C)C)c5c3SC(C)(C)S5)SC(C)(C)S4)c3c1SC(C)(C)S3)SC(C)(C)S2. The minimum Gasteiger partial charge on any atom is -0.456 e. The topological polar surface area (TPSA) is 78.9 Å². The summed E-state index contributed by atoms with van der Waals surface area (Å²) in [6, 6.07) is 0. The molecule has 0 atom stereocenters. The van der Waals surface area contributed by atoms with Gasteiger partial charge in [-0.15, -0.1) is 141 Å². The third-order valence-corrected chi connectivity index (χ3v) is 28.0. The number of benzene rings is 3. The van der Waals surface area contributed by atoms with Gasteiger partial charge in [-0.2, -0.15) is 0 Å². The predicted octanol–water partition coefficient (Wildman–Crippen LogP) is 19.3. The molecule has 0 N–H and O–H groups in total. The van der Waals surface area contributed by atoms with Crippen LogP contribution in [0.3, 0.4) is 0 Å². The van der Waals surface area contributed by atoms with Crippen molar-refractivity contribution in [2.75, 3.05) is 0 Å². The molecule has 0 aliphatic carbocycles. The second-order valence-electron chi connectivity index (χ2n) is 23.9. The van der Waals surface area contributed by atoms with E-state index in [-0.39, 0.29) is 42.4 Å². The lowest BCUT2D eigenvalue weighted by atomic mass is 9.83. The number of hydrogen-bond acceptors (Lipinski definition) is 18. The molecule has 0 unspecified atom stereocenters. The van der Waals surface area contributed by atoms with Gasteiger partial charge < -0.3 is 14.2 Å². The zero-order valence-electron chi connectivity index (χ0n) is 43.9. The van der Waals surface area contributed by atoms with Gasteiger partial charge in [-0.1, -0.05) is 0 Å². The lowest BCUT2D eigenvalue weighted by molar-refractivity contribution is 0.00478. The van der Waals surface area contributed by atoms with Crippen molar-refractivity contribution in [3.8, 4) is 0 Å². The van der Waals surface area contributed by atoms with Crippen molar-refractivity contribution >= 4 is 159 Å².